The zero-order valence-corrected chi connectivity index (χ0v) is 11.3. The SMILES string of the molecule is CNC[C@@H]1Cc2ccc(C)cc2Oc2cccnc21. The molecule has 0 fully saturated rings. The third kappa shape index (κ3) is 2.34. The minimum Gasteiger partial charge on any atom is -0.455 e. The Morgan fingerprint density at radius 1 is 1.32 bits per heavy atom. The molecule has 1 atom stereocenters. The summed E-state index contributed by atoms with van der Waals surface area (Å²) in [7, 11) is 1.98. The van der Waals surface area contributed by atoms with Crippen LogP contribution in [0.1, 0.15) is 22.7 Å². The van der Waals surface area contributed by atoms with Gasteiger partial charge < -0.3 is 10.1 Å². The second-order valence-electron chi connectivity index (χ2n) is 5.06. The van der Waals surface area contributed by atoms with Gasteiger partial charge >= 0.3 is 0 Å². The van der Waals surface area contributed by atoms with E-state index in [9.17, 15) is 0 Å². The smallest absolute Gasteiger partial charge is 0.149 e. The van der Waals surface area contributed by atoms with Crippen LogP contribution in [0.15, 0.2) is 36.5 Å². The highest BCUT2D eigenvalue weighted by atomic mass is 16.5. The summed E-state index contributed by atoms with van der Waals surface area (Å²) >= 11 is 0. The number of nitrogens with one attached hydrogen (secondary N) is 1. The van der Waals surface area contributed by atoms with Crippen LogP contribution >= 0.6 is 0 Å². The maximum Gasteiger partial charge on any atom is 0.149 e. The highest BCUT2D eigenvalue weighted by molar-refractivity contribution is 5.46. The van der Waals surface area contributed by atoms with Crippen molar-refractivity contribution in [2.45, 2.75) is 19.3 Å². The predicted molar refractivity (Wildman–Crippen MR) is 75.9 cm³/mol. The molecule has 3 rings (SSSR count). The molecule has 0 bridgehead atoms. The molecule has 98 valence electrons. The fourth-order valence-corrected chi connectivity index (χ4v) is 2.62. The quantitative estimate of drug-likeness (QED) is 0.894. The number of aromatic nitrogens is 1. The second-order valence-corrected chi connectivity index (χ2v) is 5.06. The van der Waals surface area contributed by atoms with E-state index in [2.05, 4.69) is 35.4 Å². The lowest BCUT2D eigenvalue weighted by atomic mass is 9.95. The highest BCUT2D eigenvalue weighted by Crippen LogP contribution is 2.38. The van der Waals surface area contributed by atoms with Gasteiger partial charge in [-0.15, -0.1) is 0 Å². The van der Waals surface area contributed by atoms with E-state index in [0.717, 1.165) is 30.2 Å². The van der Waals surface area contributed by atoms with Gasteiger partial charge in [-0.05, 0) is 49.7 Å². The summed E-state index contributed by atoms with van der Waals surface area (Å²) in [5.41, 5.74) is 3.52. The molecule has 2 aromatic rings. The van der Waals surface area contributed by atoms with Crippen LogP contribution in [0.5, 0.6) is 11.5 Å². The van der Waals surface area contributed by atoms with E-state index < -0.39 is 0 Å². The monoisotopic (exact) mass is 254 g/mol. The molecule has 0 saturated carbocycles. The molecule has 0 spiro atoms. The molecule has 0 saturated heterocycles. The molecule has 19 heavy (non-hydrogen) atoms. The largest absolute Gasteiger partial charge is 0.455 e. The first kappa shape index (κ1) is 12.2. The first-order valence-electron chi connectivity index (χ1n) is 6.65. The summed E-state index contributed by atoms with van der Waals surface area (Å²) in [4.78, 5) is 4.52. The number of ether oxygens (including phenoxy) is 1. The Labute approximate surface area is 113 Å². The molecule has 0 radical (unpaired) electrons. The molecule has 1 aliphatic rings. The summed E-state index contributed by atoms with van der Waals surface area (Å²) in [5, 5.41) is 3.25. The minimum atomic E-state index is 0.352. The normalized spacial score (nSPS) is 17.1. The summed E-state index contributed by atoms with van der Waals surface area (Å²) in [6.45, 7) is 2.99. The standard InChI is InChI=1S/C16H18N2O/c1-11-5-6-12-9-13(10-17-2)16-14(4-3-7-18-16)19-15(12)8-11/h3-8,13,17H,9-10H2,1-2H3/t13-/m0/s1. The maximum atomic E-state index is 6.07. The Balaban J connectivity index is 2.09. The van der Waals surface area contributed by atoms with Crippen molar-refractivity contribution in [1.29, 1.82) is 0 Å². The zero-order chi connectivity index (χ0) is 13.2. The van der Waals surface area contributed by atoms with Crippen LogP contribution in [0.3, 0.4) is 0 Å². The third-order valence-corrected chi connectivity index (χ3v) is 3.55. The van der Waals surface area contributed by atoms with Gasteiger partial charge in [-0.3, -0.25) is 4.98 Å². The van der Waals surface area contributed by atoms with Crippen LogP contribution in [0, 0.1) is 6.92 Å². The number of hydrogen-bond donors (Lipinski definition) is 1. The number of pyridine rings is 1. The van der Waals surface area contributed by atoms with Crippen LogP contribution < -0.4 is 10.1 Å². The van der Waals surface area contributed by atoms with E-state index in [1.165, 1.54) is 11.1 Å². The number of aryl methyl sites for hydroxylation is 1. The Hall–Kier alpha value is -1.87. The van der Waals surface area contributed by atoms with Gasteiger partial charge in [0.25, 0.3) is 0 Å². The van der Waals surface area contributed by atoms with Crippen molar-refractivity contribution in [2.75, 3.05) is 13.6 Å². The summed E-state index contributed by atoms with van der Waals surface area (Å²) in [5.74, 6) is 2.20. The molecule has 3 nitrogen and oxygen atoms in total. The molecule has 1 aliphatic heterocycles. The average Bonchev–Trinajstić information content (AvgIpc) is 2.56. The van der Waals surface area contributed by atoms with Gasteiger partial charge in [0.2, 0.25) is 0 Å². The van der Waals surface area contributed by atoms with E-state index in [0.29, 0.717) is 5.92 Å². The van der Waals surface area contributed by atoms with E-state index in [1.54, 1.807) is 0 Å². The number of nitrogens with zero attached hydrogens (tertiary/aromatic N) is 1. The van der Waals surface area contributed by atoms with Crippen molar-refractivity contribution in [2.24, 2.45) is 0 Å². The van der Waals surface area contributed by atoms with Crippen molar-refractivity contribution in [3.63, 3.8) is 0 Å². The lowest BCUT2D eigenvalue weighted by Crippen LogP contribution is -2.19. The first-order chi connectivity index (χ1) is 9.28. The molecule has 3 heteroatoms. The van der Waals surface area contributed by atoms with Crippen molar-refractivity contribution >= 4 is 0 Å². The number of benzene rings is 1. The molecule has 0 amide bonds. The summed E-state index contributed by atoms with van der Waals surface area (Å²) in [6.07, 6.45) is 2.80. The zero-order valence-electron chi connectivity index (χ0n) is 11.3. The molecular weight excluding hydrogens is 236 g/mol. The minimum absolute atomic E-state index is 0.352. The van der Waals surface area contributed by atoms with Crippen molar-refractivity contribution in [3.05, 3.63) is 53.3 Å². The number of rotatable bonds is 2. The van der Waals surface area contributed by atoms with Crippen molar-refractivity contribution in [3.8, 4) is 11.5 Å². The number of hydrogen-bond acceptors (Lipinski definition) is 3. The molecule has 0 unspecified atom stereocenters. The van der Waals surface area contributed by atoms with Gasteiger partial charge in [0, 0.05) is 18.7 Å². The van der Waals surface area contributed by atoms with Gasteiger partial charge in [0.1, 0.15) is 11.5 Å². The number of likely N-dealkylation sites (N-methyl/N-ethyl adjacent to an activating group) is 1. The second kappa shape index (κ2) is 5.02. The Kier molecular flexibility index (Phi) is 3.22. The van der Waals surface area contributed by atoms with E-state index >= 15 is 0 Å². The van der Waals surface area contributed by atoms with Crippen LogP contribution in [-0.4, -0.2) is 18.6 Å². The highest BCUT2D eigenvalue weighted by Gasteiger charge is 2.23. The fourth-order valence-electron chi connectivity index (χ4n) is 2.62. The summed E-state index contributed by atoms with van der Waals surface area (Å²) in [6, 6.07) is 10.3. The molecular formula is C16H18N2O. The van der Waals surface area contributed by atoms with Gasteiger partial charge in [0.15, 0.2) is 0 Å². The van der Waals surface area contributed by atoms with E-state index in [1.807, 2.05) is 25.4 Å². The summed E-state index contributed by atoms with van der Waals surface area (Å²) < 4.78 is 6.07. The predicted octanol–water partition coefficient (Wildman–Crippen LogP) is 3.04. The van der Waals surface area contributed by atoms with Crippen LogP contribution in [0.2, 0.25) is 0 Å². The number of fused-ring (bicyclic) bond motifs is 2. The topological polar surface area (TPSA) is 34.1 Å². The Morgan fingerprint density at radius 3 is 3.05 bits per heavy atom. The van der Waals surface area contributed by atoms with Gasteiger partial charge in [-0.25, -0.2) is 0 Å². The lowest BCUT2D eigenvalue weighted by molar-refractivity contribution is 0.473. The van der Waals surface area contributed by atoms with Gasteiger partial charge in [-0.2, -0.15) is 0 Å². The van der Waals surface area contributed by atoms with Gasteiger partial charge in [-0.1, -0.05) is 12.1 Å². The lowest BCUT2D eigenvalue weighted by Gasteiger charge is -2.14. The fraction of sp³-hybridized carbons (Fsp3) is 0.312. The average molecular weight is 254 g/mol. The molecule has 1 aromatic carbocycles. The van der Waals surface area contributed by atoms with Crippen LogP contribution in [0.25, 0.3) is 0 Å². The van der Waals surface area contributed by atoms with Gasteiger partial charge in [0.05, 0.1) is 5.69 Å². The molecule has 1 aromatic heterocycles. The van der Waals surface area contributed by atoms with E-state index in [-0.39, 0.29) is 0 Å². The van der Waals surface area contributed by atoms with Crippen molar-refractivity contribution in [1.82, 2.24) is 10.3 Å². The molecule has 2 heterocycles. The third-order valence-electron chi connectivity index (χ3n) is 3.55. The van der Waals surface area contributed by atoms with Crippen molar-refractivity contribution < 1.29 is 4.74 Å². The Morgan fingerprint density at radius 2 is 2.21 bits per heavy atom. The maximum absolute atomic E-state index is 6.07. The van der Waals surface area contributed by atoms with Crippen LogP contribution in [0.4, 0.5) is 0 Å². The van der Waals surface area contributed by atoms with E-state index in [4.69, 9.17) is 4.74 Å². The Bertz CT molecular complexity index is 595. The first-order valence-corrected chi connectivity index (χ1v) is 6.65. The molecule has 1 N–H and O–H groups in total. The molecule has 0 aliphatic carbocycles. The van der Waals surface area contributed by atoms with Crippen LogP contribution in [-0.2, 0) is 6.42 Å².